The average Bonchev–Trinajstić information content (AvgIpc) is 2.65. The van der Waals surface area contributed by atoms with E-state index in [1.807, 2.05) is 13.0 Å². The van der Waals surface area contributed by atoms with Crippen LogP contribution in [0.25, 0.3) is 0 Å². The summed E-state index contributed by atoms with van der Waals surface area (Å²) >= 11 is 0. The largest absolute Gasteiger partial charge is 0.495 e. The molecule has 138 valence electrons. The molecule has 0 aliphatic carbocycles. The number of aromatic nitrogens is 2. The van der Waals surface area contributed by atoms with E-state index in [1.165, 1.54) is 25.6 Å². The topological polar surface area (TPSA) is 76.1 Å². The molecule has 0 aliphatic heterocycles. The second-order valence-electron chi connectivity index (χ2n) is 5.70. The van der Waals surface area contributed by atoms with E-state index >= 15 is 0 Å². The Morgan fingerprint density at radius 1 is 1.04 bits per heavy atom. The predicted molar refractivity (Wildman–Crippen MR) is 97.4 cm³/mol. The standard InChI is InChI=1S/C19H16F2N4O2/c1-11-3-6-17(27-2)15(7-11)25-19(26)16-9-23-18(10-22-16)24-12-4-5-13(20)14(21)8-12/h3-10H,1-2H3,(H,23,24)(H,25,26). The molecule has 6 nitrogen and oxygen atoms in total. The maximum absolute atomic E-state index is 13.2. The maximum Gasteiger partial charge on any atom is 0.275 e. The SMILES string of the molecule is COc1ccc(C)cc1NC(=O)c1cnc(Nc2ccc(F)c(F)c2)cn1. The lowest BCUT2D eigenvalue weighted by atomic mass is 10.2. The molecule has 3 rings (SSSR count). The van der Waals surface area contributed by atoms with Gasteiger partial charge in [0.25, 0.3) is 5.91 Å². The summed E-state index contributed by atoms with van der Waals surface area (Å²) in [6.45, 7) is 1.90. The minimum Gasteiger partial charge on any atom is -0.495 e. The van der Waals surface area contributed by atoms with E-state index in [0.29, 0.717) is 17.1 Å². The fourth-order valence-corrected chi connectivity index (χ4v) is 2.34. The first kappa shape index (κ1) is 18.2. The zero-order chi connectivity index (χ0) is 19.4. The lowest BCUT2D eigenvalue weighted by Crippen LogP contribution is -2.15. The van der Waals surface area contributed by atoms with E-state index in [0.717, 1.165) is 17.7 Å². The van der Waals surface area contributed by atoms with Gasteiger partial charge in [0.05, 0.1) is 25.2 Å². The third-order valence-corrected chi connectivity index (χ3v) is 3.68. The van der Waals surface area contributed by atoms with E-state index in [1.54, 1.807) is 12.1 Å². The van der Waals surface area contributed by atoms with Gasteiger partial charge in [0, 0.05) is 11.8 Å². The quantitative estimate of drug-likeness (QED) is 0.708. The molecule has 1 heterocycles. The summed E-state index contributed by atoms with van der Waals surface area (Å²) < 4.78 is 31.4. The highest BCUT2D eigenvalue weighted by Gasteiger charge is 2.12. The van der Waals surface area contributed by atoms with Crippen LogP contribution in [0.3, 0.4) is 0 Å². The zero-order valence-electron chi connectivity index (χ0n) is 14.6. The normalized spacial score (nSPS) is 10.4. The molecule has 1 amide bonds. The van der Waals surface area contributed by atoms with Crippen molar-refractivity contribution in [1.82, 2.24) is 9.97 Å². The van der Waals surface area contributed by atoms with E-state index < -0.39 is 17.5 Å². The summed E-state index contributed by atoms with van der Waals surface area (Å²) in [5.74, 6) is -1.56. The van der Waals surface area contributed by atoms with Gasteiger partial charge in [-0.15, -0.1) is 0 Å². The second kappa shape index (κ2) is 7.77. The third-order valence-electron chi connectivity index (χ3n) is 3.68. The number of nitrogens with zero attached hydrogens (tertiary/aromatic N) is 2. The molecule has 8 heteroatoms. The van der Waals surface area contributed by atoms with Crippen LogP contribution in [0.2, 0.25) is 0 Å². The number of hydrogen-bond donors (Lipinski definition) is 2. The number of rotatable bonds is 5. The van der Waals surface area contributed by atoms with Crippen LogP contribution in [0.4, 0.5) is 26.0 Å². The fourth-order valence-electron chi connectivity index (χ4n) is 2.34. The van der Waals surface area contributed by atoms with Crippen molar-refractivity contribution in [3.05, 3.63) is 71.7 Å². The summed E-state index contributed by atoms with van der Waals surface area (Å²) in [5.41, 5.74) is 1.89. The lowest BCUT2D eigenvalue weighted by Gasteiger charge is -2.11. The average molecular weight is 370 g/mol. The molecule has 0 saturated heterocycles. The predicted octanol–water partition coefficient (Wildman–Crippen LogP) is 4.07. The summed E-state index contributed by atoms with van der Waals surface area (Å²) in [4.78, 5) is 20.5. The number of anilines is 3. The van der Waals surface area contributed by atoms with E-state index in [-0.39, 0.29) is 11.5 Å². The Morgan fingerprint density at radius 3 is 2.52 bits per heavy atom. The number of amides is 1. The highest BCUT2D eigenvalue weighted by atomic mass is 19.2. The Labute approximate surface area is 154 Å². The molecule has 27 heavy (non-hydrogen) atoms. The molecule has 0 aliphatic rings. The Bertz CT molecular complexity index is 978. The van der Waals surface area contributed by atoms with Gasteiger partial charge in [0.15, 0.2) is 11.6 Å². The Kier molecular flexibility index (Phi) is 5.25. The van der Waals surface area contributed by atoms with Crippen LogP contribution in [-0.4, -0.2) is 23.0 Å². The van der Waals surface area contributed by atoms with Crippen molar-refractivity contribution in [2.75, 3.05) is 17.7 Å². The highest BCUT2D eigenvalue weighted by Crippen LogP contribution is 2.25. The first-order valence-corrected chi connectivity index (χ1v) is 7.96. The molecule has 0 atom stereocenters. The van der Waals surface area contributed by atoms with Gasteiger partial charge in [-0.1, -0.05) is 6.07 Å². The summed E-state index contributed by atoms with van der Waals surface area (Å²) in [5, 5.41) is 5.50. The van der Waals surface area contributed by atoms with E-state index in [2.05, 4.69) is 20.6 Å². The molecule has 0 spiro atoms. The van der Waals surface area contributed by atoms with Gasteiger partial charge in [-0.2, -0.15) is 0 Å². The van der Waals surface area contributed by atoms with Crippen LogP contribution in [0, 0.1) is 18.6 Å². The third kappa shape index (κ3) is 4.35. The highest BCUT2D eigenvalue weighted by molar-refractivity contribution is 6.03. The van der Waals surface area contributed by atoms with Crippen LogP contribution < -0.4 is 15.4 Å². The molecule has 0 saturated carbocycles. The number of nitrogens with one attached hydrogen (secondary N) is 2. The van der Waals surface area contributed by atoms with Crippen molar-refractivity contribution in [2.45, 2.75) is 6.92 Å². The fraction of sp³-hybridized carbons (Fsp3) is 0.105. The monoisotopic (exact) mass is 370 g/mol. The van der Waals surface area contributed by atoms with Gasteiger partial charge in [0.1, 0.15) is 17.3 Å². The van der Waals surface area contributed by atoms with Gasteiger partial charge in [-0.25, -0.2) is 18.7 Å². The summed E-state index contributed by atoms with van der Waals surface area (Å²) in [6.07, 6.45) is 2.60. The number of halogens is 2. The summed E-state index contributed by atoms with van der Waals surface area (Å²) in [7, 11) is 1.51. The van der Waals surface area contributed by atoms with Gasteiger partial charge in [-0.05, 0) is 36.8 Å². The Morgan fingerprint density at radius 2 is 1.85 bits per heavy atom. The van der Waals surface area contributed by atoms with Crippen LogP contribution >= 0.6 is 0 Å². The number of methoxy groups -OCH3 is 1. The number of hydrogen-bond acceptors (Lipinski definition) is 5. The van der Waals surface area contributed by atoms with Crippen LogP contribution in [0.5, 0.6) is 5.75 Å². The lowest BCUT2D eigenvalue weighted by molar-refractivity contribution is 0.102. The van der Waals surface area contributed by atoms with Crippen molar-refractivity contribution >= 4 is 23.1 Å². The van der Waals surface area contributed by atoms with Gasteiger partial charge in [0.2, 0.25) is 0 Å². The molecule has 2 N–H and O–H groups in total. The minimum absolute atomic E-state index is 0.0920. The Balaban J connectivity index is 1.72. The first-order chi connectivity index (χ1) is 13.0. The molecule has 1 aromatic heterocycles. The maximum atomic E-state index is 13.2. The van der Waals surface area contributed by atoms with Crippen LogP contribution in [-0.2, 0) is 0 Å². The van der Waals surface area contributed by atoms with Crippen molar-refractivity contribution in [2.24, 2.45) is 0 Å². The first-order valence-electron chi connectivity index (χ1n) is 7.96. The van der Waals surface area contributed by atoms with Crippen LogP contribution in [0.1, 0.15) is 16.1 Å². The molecular formula is C19H16F2N4O2. The molecule has 2 aromatic carbocycles. The Hall–Kier alpha value is -3.55. The van der Waals surface area contributed by atoms with Gasteiger partial charge in [-0.3, -0.25) is 4.79 Å². The number of aryl methyl sites for hydroxylation is 1. The smallest absolute Gasteiger partial charge is 0.275 e. The molecule has 0 radical (unpaired) electrons. The molecular weight excluding hydrogens is 354 g/mol. The molecule has 0 fully saturated rings. The molecule has 3 aromatic rings. The van der Waals surface area contributed by atoms with Crippen LogP contribution in [0.15, 0.2) is 48.8 Å². The number of benzene rings is 2. The molecule has 0 unspecified atom stereocenters. The van der Waals surface area contributed by atoms with Crippen molar-refractivity contribution in [3.8, 4) is 5.75 Å². The van der Waals surface area contributed by atoms with E-state index in [9.17, 15) is 13.6 Å². The number of carbonyl (C=O) groups is 1. The summed E-state index contributed by atoms with van der Waals surface area (Å²) in [6, 6.07) is 8.77. The van der Waals surface area contributed by atoms with Gasteiger partial charge < -0.3 is 15.4 Å². The van der Waals surface area contributed by atoms with Gasteiger partial charge >= 0.3 is 0 Å². The number of carbonyl (C=O) groups excluding carboxylic acids is 1. The zero-order valence-corrected chi connectivity index (χ0v) is 14.6. The van der Waals surface area contributed by atoms with E-state index in [4.69, 9.17) is 4.74 Å². The molecule has 0 bridgehead atoms. The van der Waals surface area contributed by atoms with Crippen molar-refractivity contribution in [3.63, 3.8) is 0 Å². The minimum atomic E-state index is -0.976. The number of ether oxygens (including phenoxy) is 1. The van der Waals surface area contributed by atoms with Crippen molar-refractivity contribution in [1.29, 1.82) is 0 Å². The van der Waals surface area contributed by atoms with Crippen molar-refractivity contribution < 1.29 is 18.3 Å². The second-order valence-corrected chi connectivity index (χ2v) is 5.70.